The Labute approximate surface area is 124 Å². The van der Waals surface area contributed by atoms with Gasteiger partial charge in [-0.2, -0.15) is 13.5 Å². The molecular weight excluding hydrogens is 332 g/mol. The lowest BCUT2D eigenvalue weighted by molar-refractivity contribution is -0.142. The van der Waals surface area contributed by atoms with Crippen LogP contribution in [-0.2, 0) is 14.8 Å². The predicted octanol–water partition coefficient (Wildman–Crippen LogP) is 2.08. The number of alkyl halides is 2. The van der Waals surface area contributed by atoms with E-state index < -0.39 is 28.1 Å². The Morgan fingerprint density at radius 2 is 2.00 bits per heavy atom. The lowest BCUT2D eigenvalue weighted by atomic mass is 10.1. The summed E-state index contributed by atoms with van der Waals surface area (Å²) in [5, 5.41) is 8.55. The Hall–Kier alpha value is -1.45. The average molecular weight is 344 g/mol. The number of nitrogens with one attached hydrogen (secondary N) is 1. The highest BCUT2D eigenvalue weighted by Gasteiger charge is 2.33. The van der Waals surface area contributed by atoms with Gasteiger partial charge in [-0.15, -0.1) is 0 Å². The fourth-order valence-corrected chi connectivity index (χ4v) is 2.97. The largest absolute Gasteiger partial charge is 0.480 e. The van der Waals surface area contributed by atoms with Crippen molar-refractivity contribution in [3.8, 4) is 5.75 Å². The molecule has 0 heterocycles. The third-order valence-corrected chi connectivity index (χ3v) is 4.30. The molecule has 0 aliphatic heterocycles. The van der Waals surface area contributed by atoms with Gasteiger partial charge >= 0.3 is 12.6 Å². The molecule has 1 aromatic carbocycles. The van der Waals surface area contributed by atoms with Crippen molar-refractivity contribution in [3.63, 3.8) is 0 Å². The second-order valence-corrected chi connectivity index (χ2v) is 6.60. The maximum Gasteiger partial charge on any atom is 0.387 e. The van der Waals surface area contributed by atoms with Gasteiger partial charge in [-0.25, -0.2) is 8.42 Å². The van der Waals surface area contributed by atoms with E-state index >= 15 is 0 Å². The lowest BCUT2D eigenvalue weighted by Gasteiger charge is -2.21. The lowest BCUT2D eigenvalue weighted by Crippen LogP contribution is -2.49. The molecule has 0 amide bonds. The number of carboxylic acids is 1. The molecule has 0 bridgehead atoms. The van der Waals surface area contributed by atoms with E-state index in [1.165, 1.54) is 0 Å². The highest BCUT2D eigenvalue weighted by atomic mass is 35.5. The summed E-state index contributed by atoms with van der Waals surface area (Å²) in [5.41, 5.74) is -1.75. The van der Waals surface area contributed by atoms with Crippen molar-refractivity contribution < 1.29 is 31.8 Å². The van der Waals surface area contributed by atoms with Crippen LogP contribution < -0.4 is 9.46 Å². The number of rotatable bonds is 6. The Bertz CT molecular complexity index is 648. The first kappa shape index (κ1) is 17.6. The molecule has 2 N–H and O–H groups in total. The van der Waals surface area contributed by atoms with Gasteiger partial charge in [0.25, 0.3) is 0 Å². The van der Waals surface area contributed by atoms with Crippen LogP contribution in [0.25, 0.3) is 0 Å². The first-order valence-electron chi connectivity index (χ1n) is 5.47. The number of carbonyl (C=O) groups is 1. The van der Waals surface area contributed by atoms with Gasteiger partial charge in [0.05, 0.1) is 9.92 Å². The predicted molar refractivity (Wildman–Crippen MR) is 70.1 cm³/mol. The van der Waals surface area contributed by atoms with Gasteiger partial charge in [-0.1, -0.05) is 11.6 Å². The quantitative estimate of drug-likeness (QED) is 0.825. The first-order valence-corrected chi connectivity index (χ1v) is 7.33. The topological polar surface area (TPSA) is 92.7 Å². The third kappa shape index (κ3) is 4.51. The first-order chi connectivity index (χ1) is 9.45. The summed E-state index contributed by atoms with van der Waals surface area (Å²) in [6, 6.07) is 2.82. The number of aliphatic carboxylic acids is 1. The molecule has 21 heavy (non-hydrogen) atoms. The van der Waals surface area contributed by atoms with E-state index in [2.05, 4.69) is 4.74 Å². The molecule has 0 saturated carbocycles. The van der Waals surface area contributed by atoms with E-state index in [9.17, 15) is 22.0 Å². The minimum absolute atomic E-state index is 0.341. The van der Waals surface area contributed by atoms with Crippen LogP contribution in [0.1, 0.15) is 13.8 Å². The van der Waals surface area contributed by atoms with E-state index in [-0.39, 0.29) is 15.7 Å². The van der Waals surface area contributed by atoms with Crippen molar-refractivity contribution in [3.05, 3.63) is 23.2 Å². The standard InChI is InChI=1S/C11H12ClF2NO5S/c1-11(2,9(16)17)15-21(18,19)6-3-4-8(7(12)5-6)20-10(13)14/h3-5,10,15H,1-2H3,(H,16,17). The molecule has 0 atom stereocenters. The Morgan fingerprint density at radius 3 is 2.43 bits per heavy atom. The van der Waals surface area contributed by atoms with E-state index in [4.69, 9.17) is 16.7 Å². The van der Waals surface area contributed by atoms with Gasteiger partial charge in [0.2, 0.25) is 10.0 Å². The number of carboxylic acid groups (broad SMARTS) is 1. The molecule has 0 fully saturated rings. The van der Waals surface area contributed by atoms with Crippen LogP contribution in [0.3, 0.4) is 0 Å². The molecular formula is C11H12ClF2NO5S. The van der Waals surface area contributed by atoms with Gasteiger partial charge in [0.15, 0.2) is 0 Å². The van der Waals surface area contributed by atoms with Gasteiger partial charge in [0.1, 0.15) is 11.3 Å². The minimum atomic E-state index is -4.19. The fourth-order valence-electron chi connectivity index (χ4n) is 1.28. The molecule has 0 saturated heterocycles. The van der Waals surface area contributed by atoms with Crippen molar-refractivity contribution >= 4 is 27.6 Å². The summed E-state index contributed by atoms with van der Waals surface area (Å²) in [5.74, 6) is -1.77. The van der Waals surface area contributed by atoms with Crippen molar-refractivity contribution in [2.75, 3.05) is 0 Å². The fraction of sp³-hybridized carbons (Fsp3) is 0.364. The molecule has 1 aromatic rings. The SMILES string of the molecule is CC(C)(NS(=O)(=O)c1ccc(OC(F)F)c(Cl)c1)C(=O)O. The van der Waals surface area contributed by atoms with Gasteiger partial charge in [-0.3, -0.25) is 4.79 Å². The molecule has 10 heteroatoms. The molecule has 6 nitrogen and oxygen atoms in total. The van der Waals surface area contributed by atoms with Crippen LogP contribution in [0.15, 0.2) is 23.1 Å². The van der Waals surface area contributed by atoms with Crippen LogP contribution in [0.5, 0.6) is 5.75 Å². The van der Waals surface area contributed by atoms with Crippen LogP contribution in [0.2, 0.25) is 5.02 Å². The van der Waals surface area contributed by atoms with E-state index in [0.717, 1.165) is 32.0 Å². The Balaban J connectivity index is 3.11. The second-order valence-electron chi connectivity index (χ2n) is 4.51. The average Bonchev–Trinajstić information content (AvgIpc) is 2.29. The van der Waals surface area contributed by atoms with Crippen LogP contribution in [-0.4, -0.2) is 31.6 Å². The third-order valence-electron chi connectivity index (χ3n) is 2.35. The van der Waals surface area contributed by atoms with Crippen LogP contribution in [0, 0.1) is 0 Å². The zero-order chi connectivity index (χ0) is 16.4. The van der Waals surface area contributed by atoms with Crippen LogP contribution >= 0.6 is 11.6 Å². The summed E-state index contributed by atoms with van der Waals surface area (Å²) in [6.45, 7) is -0.792. The van der Waals surface area contributed by atoms with Crippen molar-refractivity contribution in [2.45, 2.75) is 30.9 Å². The number of hydrogen-bond donors (Lipinski definition) is 2. The van der Waals surface area contributed by atoms with Crippen molar-refractivity contribution in [1.82, 2.24) is 4.72 Å². The summed E-state index contributed by atoms with van der Waals surface area (Å²) in [4.78, 5) is 10.5. The summed E-state index contributed by atoms with van der Waals surface area (Å²) >= 11 is 5.65. The molecule has 0 aromatic heterocycles. The maximum absolute atomic E-state index is 12.1. The van der Waals surface area contributed by atoms with Crippen molar-refractivity contribution in [2.24, 2.45) is 0 Å². The molecule has 0 spiro atoms. The monoisotopic (exact) mass is 343 g/mol. The van der Waals surface area contributed by atoms with Crippen molar-refractivity contribution in [1.29, 1.82) is 0 Å². The smallest absolute Gasteiger partial charge is 0.387 e. The number of benzene rings is 1. The maximum atomic E-state index is 12.1. The highest BCUT2D eigenvalue weighted by molar-refractivity contribution is 7.89. The molecule has 0 aliphatic carbocycles. The summed E-state index contributed by atoms with van der Waals surface area (Å²) in [7, 11) is -4.19. The van der Waals surface area contributed by atoms with Crippen LogP contribution in [0.4, 0.5) is 8.78 Å². The minimum Gasteiger partial charge on any atom is -0.480 e. The summed E-state index contributed by atoms with van der Waals surface area (Å²) < 4.78 is 54.2. The molecule has 0 unspecified atom stereocenters. The van der Waals surface area contributed by atoms with E-state index in [1.54, 1.807) is 0 Å². The zero-order valence-electron chi connectivity index (χ0n) is 10.9. The number of sulfonamides is 1. The molecule has 1 rings (SSSR count). The Morgan fingerprint density at radius 1 is 1.43 bits per heavy atom. The molecule has 0 radical (unpaired) electrons. The van der Waals surface area contributed by atoms with Gasteiger partial charge < -0.3 is 9.84 Å². The summed E-state index contributed by atoms with van der Waals surface area (Å²) in [6.07, 6.45) is 0. The molecule has 0 aliphatic rings. The number of halogens is 3. The van der Waals surface area contributed by atoms with E-state index in [0.29, 0.717) is 0 Å². The Kier molecular flexibility index (Phi) is 5.13. The van der Waals surface area contributed by atoms with Gasteiger partial charge in [0, 0.05) is 0 Å². The zero-order valence-corrected chi connectivity index (χ0v) is 12.5. The van der Waals surface area contributed by atoms with Gasteiger partial charge in [-0.05, 0) is 32.0 Å². The number of hydrogen-bond acceptors (Lipinski definition) is 4. The number of ether oxygens (including phenoxy) is 1. The molecule has 118 valence electrons. The normalized spacial score (nSPS) is 12.5. The second kappa shape index (κ2) is 6.12. The van der Waals surface area contributed by atoms with E-state index in [1.807, 2.05) is 4.72 Å². The highest BCUT2D eigenvalue weighted by Crippen LogP contribution is 2.29.